The molecule has 0 fully saturated rings. The number of aromatic hydroxyl groups is 1. The molecule has 0 saturated carbocycles. The van der Waals surface area contributed by atoms with Gasteiger partial charge in [0.05, 0.1) is 19.3 Å². The first kappa shape index (κ1) is 19.3. The lowest BCUT2D eigenvalue weighted by molar-refractivity contribution is -0.152. The highest BCUT2D eigenvalue weighted by Crippen LogP contribution is 2.25. The van der Waals surface area contributed by atoms with Gasteiger partial charge in [0.25, 0.3) is 5.91 Å². The number of ether oxygens (including phenoxy) is 2. The monoisotopic (exact) mass is 383 g/mol. The second-order valence-corrected chi connectivity index (χ2v) is 6.20. The van der Waals surface area contributed by atoms with Crippen LogP contribution in [0.2, 0.25) is 0 Å². The fraction of sp³-hybridized carbons (Fsp3) is 0.238. The summed E-state index contributed by atoms with van der Waals surface area (Å²) in [5.74, 6) is -0.194. The summed E-state index contributed by atoms with van der Waals surface area (Å²) in [6.07, 6.45) is 0.440. The van der Waals surface area contributed by atoms with Crippen LogP contribution in [-0.4, -0.2) is 29.7 Å². The minimum atomic E-state index is -0.957. The number of esters is 1. The van der Waals surface area contributed by atoms with Gasteiger partial charge in [-0.3, -0.25) is 9.59 Å². The third-order valence-corrected chi connectivity index (χ3v) is 4.08. The van der Waals surface area contributed by atoms with E-state index in [0.717, 1.165) is 0 Å². The number of rotatable bonds is 7. The number of benzene rings is 2. The van der Waals surface area contributed by atoms with E-state index in [9.17, 15) is 14.7 Å². The van der Waals surface area contributed by atoms with Gasteiger partial charge in [-0.2, -0.15) is 0 Å². The van der Waals surface area contributed by atoms with Gasteiger partial charge in [-0.25, -0.2) is 0 Å². The first-order valence-corrected chi connectivity index (χ1v) is 8.88. The van der Waals surface area contributed by atoms with Crippen LogP contribution in [0.25, 0.3) is 11.0 Å². The molecule has 3 aromatic rings. The molecular weight excluding hydrogens is 362 g/mol. The molecule has 1 aromatic heterocycles. The molecular formula is C21H21NO6. The highest BCUT2D eigenvalue weighted by atomic mass is 16.5. The number of amides is 1. The largest absolute Gasteiger partial charge is 0.508 e. The summed E-state index contributed by atoms with van der Waals surface area (Å²) in [5.41, 5.74) is 1.68. The molecule has 0 spiro atoms. The van der Waals surface area contributed by atoms with Crippen LogP contribution >= 0.6 is 0 Å². The normalized spacial score (nSPS) is 11.8. The van der Waals surface area contributed by atoms with Crippen LogP contribution in [0.4, 0.5) is 5.69 Å². The zero-order chi connectivity index (χ0) is 20.1. The molecule has 146 valence electrons. The Morgan fingerprint density at radius 1 is 1.18 bits per heavy atom. The predicted octanol–water partition coefficient (Wildman–Crippen LogP) is 3.65. The summed E-state index contributed by atoms with van der Waals surface area (Å²) in [6.45, 7) is 3.96. The van der Waals surface area contributed by atoms with Crippen LogP contribution in [0, 0.1) is 0 Å². The first-order chi connectivity index (χ1) is 13.5. The van der Waals surface area contributed by atoms with Gasteiger partial charge in [0.15, 0.2) is 6.10 Å². The number of anilines is 1. The number of hydrogen-bond donors (Lipinski definition) is 2. The van der Waals surface area contributed by atoms with E-state index in [-0.39, 0.29) is 12.2 Å². The maximum Gasteiger partial charge on any atom is 0.311 e. The van der Waals surface area contributed by atoms with Gasteiger partial charge < -0.3 is 24.3 Å². The van der Waals surface area contributed by atoms with Gasteiger partial charge in [-0.1, -0.05) is 0 Å². The average molecular weight is 383 g/mol. The predicted molar refractivity (Wildman–Crippen MR) is 103 cm³/mol. The van der Waals surface area contributed by atoms with Crippen LogP contribution in [0.5, 0.6) is 11.5 Å². The van der Waals surface area contributed by atoms with Crippen molar-refractivity contribution in [1.82, 2.24) is 0 Å². The molecule has 3 rings (SSSR count). The van der Waals surface area contributed by atoms with Gasteiger partial charge in [0.1, 0.15) is 17.1 Å². The minimum absolute atomic E-state index is 0.0432. The van der Waals surface area contributed by atoms with Crippen LogP contribution < -0.4 is 10.1 Å². The Labute approximate surface area is 161 Å². The average Bonchev–Trinajstić information content (AvgIpc) is 3.05. The van der Waals surface area contributed by atoms with Gasteiger partial charge in [-0.15, -0.1) is 0 Å². The molecule has 0 aliphatic heterocycles. The van der Waals surface area contributed by atoms with E-state index >= 15 is 0 Å². The first-order valence-electron chi connectivity index (χ1n) is 8.88. The Balaban J connectivity index is 1.56. The summed E-state index contributed by atoms with van der Waals surface area (Å²) in [7, 11) is 0. The van der Waals surface area contributed by atoms with Crippen molar-refractivity contribution in [2.24, 2.45) is 0 Å². The molecule has 0 radical (unpaired) electrons. The van der Waals surface area contributed by atoms with Crippen LogP contribution in [0.15, 0.2) is 53.1 Å². The van der Waals surface area contributed by atoms with Gasteiger partial charge >= 0.3 is 5.97 Å². The van der Waals surface area contributed by atoms with Crippen molar-refractivity contribution < 1.29 is 28.6 Å². The number of nitrogens with one attached hydrogen (secondary N) is 1. The number of furan rings is 1. The molecule has 0 aliphatic rings. The molecule has 2 N–H and O–H groups in total. The van der Waals surface area contributed by atoms with E-state index in [1.165, 1.54) is 25.3 Å². The fourth-order valence-corrected chi connectivity index (χ4v) is 2.70. The van der Waals surface area contributed by atoms with Gasteiger partial charge in [-0.05, 0) is 50.2 Å². The highest BCUT2D eigenvalue weighted by molar-refractivity contribution is 5.95. The quantitative estimate of drug-likeness (QED) is 0.605. The zero-order valence-electron chi connectivity index (χ0n) is 15.6. The summed E-state index contributed by atoms with van der Waals surface area (Å²) in [6, 6.07) is 11.6. The van der Waals surface area contributed by atoms with E-state index in [0.29, 0.717) is 34.6 Å². The smallest absolute Gasteiger partial charge is 0.311 e. The summed E-state index contributed by atoms with van der Waals surface area (Å²) < 4.78 is 15.9. The number of carbonyl (C=O) groups excluding carboxylic acids is 2. The summed E-state index contributed by atoms with van der Waals surface area (Å²) in [5, 5.41) is 12.9. The van der Waals surface area contributed by atoms with Crippen molar-refractivity contribution in [3.8, 4) is 11.5 Å². The molecule has 2 aromatic carbocycles. The lowest BCUT2D eigenvalue weighted by Gasteiger charge is -2.13. The molecule has 28 heavy (non-hydrogen) atoms. The second-order valence-electron chi connectivity index (χ2n) is 6.20. The molecule has 0 aliphatic carbocycles. The molecule has 0 saturated heterocycles. The fourth-order valence-electron chi connectivity index (χ4n) is 2.70. The van der Waals surface area contributed by atoms with Gasteiger partial charge in [0, 0.05) is 22.7 Å². The van der Waals surface area contributed by atoms with E-state index in [4.69, 9.17) is 13.9 Å². The Bertz CT molecular complexity index is 976. The number of phenols is 1. The molecule has 1 amide bonds. The van der Waals surface area contributed by atoms with Crippen molar-refractivity contribution in [3.63, 3.8) is 0 Å². The van der Waals surface area contributed by atoms with E-state index in [2.05, 4.69) is 5.32 Å². The Kier molecular flexibility index (Phi) is 5.84. The number of carbonyl (C=O) groups is 2. The standard InChI is InChI=1S/C21H21NO6/c1-3-26-17-7-4-15(5-8-17)22-21(25)13(2)28-20(24)10-14-12-27-19-11-16(23)6-9-18(14)19/h4-9,11-13,23H,3,10H2,1-2H3,(H,22,25)/t13-/m0/s1. The third kappa shape index (κ3) is 4.62. The maximum absolute atomic E-state index is 12.2. The molecule has 1 atom stereocenters. The third-order valence-electron chi connectivity index (χ3n) is 4.08. The lowest BCUT2D eigenvalue weighted by Crippen LogP contribution is -2.30. The van der Waals surface area contributed by atoms with E-state index in [1.807, 2.05) is 6.92 Å². The lowest BCUT2D eigenvalue weighted by atomic mass is 10.1. The minimum Gasteiger partial charge on any atom is -0.508 e. The van der Waals surface area contributed by atoms with Crippen molar-refractivity contribution in [2.75, 3.05) is 11.9 Å². The zero-order valence-corrected chi connectivity index (χ0v) is 15.6. The van der Waals surface area contributed by atoms with Gasteiger partial charge in [0.2, 0.25) is 0 Å². The van der Waals surface area contributed by atoms with Crippen molar-refractivity contribution in [2.45, 2.75) is 26.4 Å². The Hall–Kier alpha value is -3.48. The Morgan fingerprint density at radius 2 is 1.93 bits per heavy atom. The number of hydrogen-bond acceptors (Lipinski definition) is 6. The van der Waals surface area contributed by atoms with E-state index < -0.39 is 18.0 Å². The van der Waals surface area contributed by atoms with Crippen LogP contribution in [0.3, 0.4) is 0 Å². The van der Waals surface area contributed by atoms with E-state index in [1.54, 1.807) is 30.3 Å². The summed E-state index contributed by atoms with van der Waals surface area (Å²) >= 11 is 0. The van der Waals surface area contributed by atoms with Crippen LogP contribution in [-0.2, 0) is 20.7 Å². The topological polar surface area (TPSA) is 98.0 Å². The number of fused-ring (bicyclic) bond motifs is 1. The summed E-state index contributed by atoms with van der Waals surface area (Å²) in [4.78, 5) is 24.4. The van der Waals surface area contributed by atoms with Crippen molar-refractivity contribution in [1.29, 1.82) is 0 Å². The molecule has 7 nitrogen and oxygen atoms in total. The number of phenolic OH excluding ortho intramolecular Hbond substituents is 1. The SMILES string of the molecule is CCOc1ccc(NC(=O)[C@H](C)OC(=O)Cc2coc3cc(O)ccc23)cc1. The van der Waals surface area contributed by atoms with Crippen molar-refractivity contribution >= 4 is 28.5 Å². The molecule has 0 bridgehead atoms. The Morgan fingerprint density at radius 3 is 2.64 bits per heavy atom. The van der Waals surface area contributed by atoms with Crippen LogP contribution in [0.1, 0.15) is 19.4 Å². The molecule has 1 heterocycles. The van der Waals surface area contributed by atoms with Crippen molar-refractivity contribution in [3.05, 3.63) is 54.3 Å². The maximum atomic E-state index is 12.2. The molecule has 7 heteroatoms. The molecule has 0 unspecified atom stereocenters. The second kappa shape index (κ2) is 8.47. The highest BCUT2D eigenvalue weighted by Gasteiger charge is 2.19.